The number of nitrogens with one attached hydrogen (secondary N) is 1. The monoisotopic (exact) mass is 314 g/mol. The van der Waals surface area contributed by atoms with Gasteiger partial charge in [0.15, 0.2) is 17.6 Å². The quantitative estimate of drug-likeness (QED) is 0.855. The number of para-hydroxylation sites is 2. The third-order valence-corrected chi connectivity index (χ3v) is 3.16. The summed E-state index contributed by atoms with van der Waals surface area (Å²) in [5.41, 5.74) is 6.01. The van der Waals surface area contributed by atoms with Crippen LogP contribution in [0.5, 0.6) is 11.5 Å². The van der Waals surface area contributed by atoms with Gasteiger partial charge in [0, 0.05) is 11.3 Å². The number of hydrogen-bond donors (Lipinski definition) is 2. The predicted octanol–water partition coefficient (Wildman–Crippen LogP) is 2.20. The smallest absolute Gasteiger partial charge is 0.265 e. The number of nitrogens with two attached hydrogens (primary N) is 1. The molecule has 23 heavy (non-hydrogen) atoms. The van der Waals surface area contributed by atoms with Gasteiger partial charge >= 0.3 is 0 Å². The number of benzene rings is 2. The summed E-state index contributed by atoms with van der Waals surface area (Å²) in [6.45, 7) is 1.62. The van der Waals surface area contributed by atoms with Crippen molar-refractivity contribution in [1.29, 1.82) is 0 Å². The lowest BCUT2D eigenvalue weighted by Gasteiger charge is -2.16. The topological polar surface area (TPSA) is 90.7 Å². The van der Waals surface area contributed by atoms with E-state index in [0.717, 1.165) is 0 Å². The molecule has 2 amide bonds. The second-order valence-corrected chi connectivity index (χ2v) is 4.85. The van der Waals surface area contributed by atoms with Gasteiger partial charge < -0.3 is 20.5 Å². The third-order valence-electron chi connectivity index (χ3n) is 3.16. The molecule has 0 aliphatic rings. The molecular formula is C17H18N2O4. The van der Waals surface area contributed by atoms with Crippen molar-refractivity contribution in [2.75, 3.05) is 12.4 Å². The van der Waals surface area contributed by atoms with E-state index in [9.17, 15) is 9.59 Å². The molecule has 0 fully saturated rings. The fourth-order valence-electron chi connectivity index (χ4n) is 1.95. The Bertz CT molecular complexity index is 715. The number of rotatable bonds is 6. The fourth-order valence-corrected chi connectivity index (χ4v) is 1.95. The van der Waals surface area contributed by atoms with Gasteiger partial charge in [-0.1, -0.05) is 18.2 Å². The predicted molar refractivity (Wildman–Crippen MR) is 86.7 cm³/mol. The summed E-state index contributed by atoms with van der Waals surface area (Å²) in [5, 5.41) is 2.68. The van der Waals surface area contributed by atoms with E-state index in [4.69, 9.17) is 15.2 Å². The number of amides is 2. The van der Waals surface area contributed by atoms with Gasteiger partial charge in [0.1, 0.15) is 0 Å². The SMILES string of the molecule is COc1ccccc1OC(C)C(=O)Nc1cccc(C(N)=O)c1. The number of carbonyl (C=O) groups excluding carboxylic acids is 2. The summed E-state index contributed by atoms with van der Waals surface area (Å²) >= 11 is 0. The zero-order valence-corrected chi connectivity index (χ0v) is 12.9. The first-order valence-corrected chi connectivity index (χ1v) is 7.01. The Balaban J connectivity index is 2.05. The minimum absolute atomic E-state index is 0.320. The third kappa shape index (κ3) is 4.23. The van der Waals surface area contributed by atoms with Crippen LogP contribution in [0.15, 0.2) is 48.5 Å². The highest BCUT2D eigenvalue weighted by Crippen LogP contribution is 2.27. The summed E-state index contributed by atoms with van der Waals surface area (Å²) in [6, 6.07) is 13.5. The van der Waals surface area contributed by atoms with Gasteiger partial charge in [-0.05, 0) is 37.3 Å². The van der Waals surface area contributed by atoms with E-state index in [1.54, 1.807) is 43.3 Å². The highest BCUT2D eigenvalue weighted by Gasteiger charge is 2.17. The van der Waals surface area contributed by atoms with Gasteiger partial charge in [0.2, 0.25) is 5.91 Å². The molecule has 0 radical (unpaired) electrons. The van der Waals surface area contributed by atoms with Gasteiger partial charge in [-0.15, -0.1) is 0 Å². The summed E-state index contributed by atoms with van der Waals surface area (Å²) in [6.07, 6.45) is -0.747. The molecule has 0 bridgehead atoms. The molecule has 6 nitrogen and oxygen atoms in total. The molecule has 0 aliphatic carbocycles. The maximum atomic E-state index is 12.2. The zero-order valence-electron chi connectivity index (χ0n) is 12.9. The molecule has 0 saturated carbocycles. The standard InChI is InChI=1S/C17H18N2O4/c1-11(23-15-9-4-3-8-14(15)22-2)17(21)19-13-7-5-6-12(10-13)16(18)20/h3-11H,1-2H3,(H2,18,20)(H,19,21). The molecule has 6 heteroatoms. The van der Waals surface area contributed by atoms with E-state index >= 15 is 0 Å². The van der Waals surface area contributed by atoms with Crippen molar-refractivity contribution in [3.8, 4) is 11.5 Å². The summed E-state index contributed by atoms with van der Waals surface area (Å²) in [5.74, 6) is 0.114. The Morgan fingerprint density at radius 2 is 1.78 bits per heavy atom. The molecule has 0 heterocycles. The Hall–Kier alpha value is -3.02. The van der Waals surface area contributed by atoms with Crippen LogP contribution in [0.1, 0.15) is 17.3 Å². The van der Waals surface area contributed by atoms with Crippen LogP contribution < -0.4 is 20.5 Å². The number of hydrogen-bond acceptors (Lipinski definition) is 4. The molecule has 0 aromatic heterocycles. The van der Waals surface area contributed by atoms with Crippen molar-refractivity contribution in [3.05, 3.63) is 54.1 Å². The number of ether oxygens (including phenoxy) is 2. The second-order valence-electron chi connectivity index (χ2n) is 4.85. The number of methoxy groups -OCH3 is 1. The fraction of sp³-hybridized carbons (Fsp3) is 0.176. The molecule has 3 N–H and O–H groups in total. The van der Waals surface area contributed by atoms with Gasteiger partial charge in [0.05, 0.1) is 7.11 Å². The lowest BCUT2D eigenvalue weighted by Crippen LogP contribution is -2.30. The number of carbonyl (C=O) groups is 2. The van der Waals surface area contributed by atoms with Gasteiger partial charge in [-0.3, -0.25) is 9.59 Å². The Morgan fingerprint density at radius 1 is 1.09 bits per heavy atom. The Labute approximate surface area is 134 Å². The Kier molecular flexibility index (Phi) is 5.19. The largest absolute Gasteiger partial charge is 0.493 e. The van der Waals surface area contributed by atoms with Gasteiger partial charge in [0.25, 0.3) is 5.91 Å². The first-order valence-electron chi connectivity index (χ1n) is 7.01. The average molecular weight is 314 g/mol. The number of primary amides is 1. The van der Waals surface area contributed by atoms with Crippen LogP contribution in [0, 0.1) is 0 Å². The summed E-state index contributed by atoms with van der Waals surface area (Å²) in [7, 11) is 1.53. The van der Waals surface area contributed by atoms with Crippen LogP contribution in [0.2, 0.25) is 0 Å². The highest BCUT2D eigenvalue weighted by molar-refractivity contribution is 5.97. The van der Waals surface area contributed by atoms with Crippen molar-refractivity contribution in [2.45, 2.75) is 13.0 Å². The van der Waals surface area contributed by atoms with Gasteiger partial charge in [-0.2, -0.15) is 0 Å². The Morgan fingerprint density at radius 3 is 2.43 bits per heavy atom. The first-order chi connectivity index (χ1) is 11.0. The molecule has 0 saturated heterocycles. The molecule has 1 unspecified atom stereocenters. The minimum atomic E-state index is -0.747. The maximum absolute atomic E-state index is 12.2. The van der Waals surface area contributed by atoms with E-state index in [-0.39, 0.29) is 5.91 Å². The number of anilines is 1. The molecule has 2 aromatic carbocycles. The molecule has 2 aromatic rings. The first kappa shape index (κ1) is 16.4. The molecule has 120 valence electrons. The van der Waals surface area contributed by atoms with Crippen molar-refractivity contribution < 1.29 is 19.1 Å². The minimum Gasteiger partial charge on any atom is -0.493 e. The zero-order chi connectivity index (χ0) is 16.8. The van der Waals surface area contributed by atoms with Crippen LogP contribution >= 0.6 is 0 Å². The van der Waals surface area contributed by atoms with Crippen LogP contribution in [0.25, 0.3) is 0 Å². The van der Waals surface area contributed by atoms with Crippen molar-refractivity contribution in [2.24, 2.45) is 5.73 Å². The average Bonchev–Trinajstić information content (AvgIpc) is 2.55. The van der Waals surface area contributed by atoms with Crippen molar-refractivity contribution in [1.82, 2.24) is 0 Å². The van der Waals surface area contributed by atoms with Crippen LogP contribution in [-0.2, 0) is 4.79 Å². The van der Waals surface area contributed by atoms with Crippen LogP contribution in [0.3, 0.4) is 0 Å². The van der Waals surface area contributed by atoms with Crippen molar-refractivity contribution >= 4 is 17.5 Å². The van der Waals surface area contributed by atoms with Gasteiger partial charge in [-0.25, -0.2) is 0 Å². The molecule has 0 spiro atoms. The maximum Gasteiger partial charge on any atom is 0.265 e. The van der Waals surface area contributed by atoms with E-state index in [1.807, 2.05) is 6.07 Å². The van der Waals surface area contributed by atoms with Crippen molar-refractivity contribution in [3.63, 3.8) is 0 Å². The van der Waals surface area contributed by atoms with E-state index in [2.05, 4.69) is 5.32 Å². The molecule has 0 aliphatic heterocycles. The summed E-state index contributed by atoms with van der Waals surface area (Å²) in [4.78, 5) is 23.4. The summed E-state index contributed by atoms with van der Waals surface area (Å²) < 4.78 is 10.8. The molecular weight excluding hydrogens is 296 g/mol. The molecule has 2 rings (SSSR count). The normalized spacial score (nSPS) is 11.4. The lowest BCUT2D eigenvalue weighted by molar-refractivity contribution is -0.122. The van der Waals surface area contributed by atoms with Crippen LogP contribution in [0.4, 0.5) is 5.69 Å². The lowest BCUT2D eigenvalue weighted by atomic mass is 10.2. The second kappa shape index (κ2) is 7.31. The van der Waals surface area contributed by atoms with E-state index in [1.165, 1.54) is 13.2 Å². The van der Waals surface area contributed by atoms with E-state index in [0.29, 0.717) is 22.7 Å². The van der Waals surface area contributed by atoms with Crippen LogP contribution in [-0.4, -0.2) is 25.0 Å². The highest BCUT2D eigenvalue weighted by atomic mass is 16.5. The molecule has 1 atom stereocenters. The van der Waals surface area contributed by atoms with E-state index < -0.39 is 12.0 Å².